The van der Waals surface area contributed by atoms with Gasteiger partial charge in [0.05, 0.1) is 16.6 Å². The fraction of sp³-hybridized carbons (Fsp3) is 0.250. The Balaban J connectivity index is 2.34. The maximum absolute atomic E-state index is 12.5. The van der Waals surface area contributed by atoms with E-state index in [0.717, 1.165) is 10.5 Å². The van der Waals surface area contributed by atoms with Crippen LogP contribution in [0.1, 0.15) is 22.3 Å². The van der Waals surface area contributed by atoms with Crippen molar-refractivity contribution in [3.8, 4) is 0 Å². The minimum atomic E-state index is -1.06. The second kappa shape index (κ2) is 5.57. The molecule has 3 heteroatoms. The van der Waals surface area contributed by atoms with E-state index in [9.17, 15) is 4.21 Å². The topological polar surface area (TPSA) is 43.1 Å². The zero-order valence-electron chi connectivity index (χ0n) is 11.6. The van der Waals surface area contributed by atoms with Crippen molar-refractivity contribution in [3.05, 3.63) is 58.7 Å². The van der Waals surface area contributed by atoms with E-state index < -0.39 is 10.8 Å². The molecule has 2 aromatic carbocycles. The van der Waals surface area contributed by atoms with Gasteiger partial charge >= 0.3 is 0 Å². The molecule has 0 aromatic heterocycles. The van der Waals surface area contributed by atoms with Gasteiger partial charge in [0, 0.05) is 10.6 Å². The van der Waals surface area contributed by atoms with Gasteiger partial charge in [-0.15, -0.1) is 0 Å². The molecule has 19 heavy (non-hydrogen) atoms. The number of rotatable bonds is 3. The van der Waals surface area contributed by atoms with Crippen LogP contribution in [0.25, 0.3) is 0 Å². The largest absolute Gasteiger partial charge is 0.399 e. The molecule has 0 fully saturated rings. The number of nitrogens with two attached hydrogens (primary N) is 1. The zero-order chi connectivity index (χ0) is 14.0. The maximum Gasteiger partial charge on any atom is 0.0577 e. The third-order valence-corrected chi connectivity index (χ3v) is 4.86. The van der Waals surface area contributed by atoms with Gasteiger partial charge in [-0.05, 0) is 55.2 Å². The van der Waals surface area contributed by atoms with Crippen LogP contribution >= 0.6 is 0 Å². The lowest BCUT2D eigenvalue weighted by atomic mass is 10.1. The number of hydrogen-bond donors (Lipinski definition) is 1. The number of nitrogen functional groups attached to an aromatic ring is 1. The van der Waals surface area contributed by atoms with Gasteiger partial charge in [-0.3, -0.25) is 4.21 Å². The molecule has 1 unspecified atom stereocenters. The molecule has 0 amide bonds. The van der Waals surface area contributed by atoms with Crippen molar-refractivity contribution in [1.82, 2.24) is 0 Å². The van der Waals surface area contributed by atoms with Crippen LogP contribution in [0.3, 0.4) is 0 Å². The Morgan fingerprint density at radius 3 is 2.26 bits per heavy atom. The number of hydrogen-bond acceptors (Lipinski definition) is 2. The molecule has 100 valence electrons. The van der Waals surface area contributed by atoms with E-state index in [4.69, 9.17) is 5.73 Å². The Morgan fingerprint density at radius 2 is 1.63 bits per heavy atom. The minimum absolute atomic E-state index is 0.544. The predicted octanol–water partition coefficient (Wildman–Crippen LogP) is 3.50. The highest BCUT2D eigenvalue weighted by molar-refractivity contribution is 7.84. The second-order valence-electron chi connectivity index (χ2n) is 4.89. The smallest absolute Gasteiger partial charge is 0.0577 e. The van der Waals surface area contributed by atoms with E-state index in [1.165, 1.54) is 16.7 Å². The first-order valence-electron chi connectivity index (χ1n) is 6.28. The van der Waals surface area contributed by atoms with Crippen LogP contribution in [0.15, 0.2) is 41.3 Å². The highest BCUT2D eigenvalue weighted by atomic mass is 32.2. The summed E-state index contributed by atoms with van der Waals surface area (Å²) < 4.78 is 12.5. The fourth-order valence-electron chi connectivity index (χ4n) is 2.15. The lowest BCUT2D eigenvalue weighted by Gasteiger charge is -2.11. The van der Waals surface area contributed by atoms with Crippen molar-refractivity contribution in [2.24, 2.45) is 0 Å². The highest BCUT2D eigenvalue weighted by Gasteiger charge is 2.11. The standard InChI is InChI=1S/C16H19NOS/c1-11-5-4-6-12(2)15(11)10-19(18)16-9-14(17)8-7-13(16)3/h4-9H,10,17H2,1-3H3. The van der Waals surface area contributed by atoms with Gasteiger partial charge in [0.2, 0.25) is 0 Å². The van der Waals surface area contributed by atoms with Crippen molar-refractivity contribution < 1.29 is 4.21 Å². The first-order valence-corrected chi connectivity index (χ1v) is 7.60. The van der Waals surface area contributed by atoms with Crippen molar-refractivity contribution in [2.45, 2.75) is 31.4 Å². The molecule has 0 radical (unpaired) electrons. The van der Waals surface area contributed by atoms with Crippen LogP contribution in [0.4, 0.5) is 5.69 Å². The lowest BCUT2D eigenvalue weighted by Crippen LogP contribution is -2.03. The molecule has 0 spiro atoms. The van der Waals surface area contributed by atoms with Crippen LogP contribution in [0.2, 0.25) is 0 Å². The molecule has 2 nitrogen and oxygen atoms in total. The summed E-state index contributed by atoms with van der Waals surface area (Å²) in [5.41, 5.74) is 11.0. The van der Waals surface area contributed by atoms with Gasteiger partial charge in [0.15, 0.2) is 0 Å². The van der Waals surface area contributed by atoms with Crippen molar-refractivity contribution in [1.29, 1.82) is 0 Å². The van der Waals surface area contributed by atoms with Crippen LogP contribution < -0.4 is 5.73 Å². The van der Waals surface area contributed by atoms with Crippen molar-refractivity contribution in [3.63, 3.8) is 0 Å². The normalized spacial score (nSPS) is 12.4. The molecular formula is C16H19NOS. The molecule has 2 rings (SSSR count). The predicted molar refractivity (Wildman–Crippen MR) is 81.6 cm³/mol. The molecule has 0 heterocycles. The SMILES string of the molecule is Cc1ccc(N)cc1S(=O)Cc1c(C)cccc1C. The Morgan fingerprint density at radius 1 is 1.00 bits per heavy atom. The summed E-state index contributed by atoms with van der Waals surface area (Å²) >= 11 is 0. The monoisotopic (exact) mass is 273 g/mol. The van der Waals surface area contributed by atoms with Crippen molar-refractivity contribution >= 4 is 16.5 Å². The van der Waals surface area contributed by atoms with E-state index in [1.54, 1.807) is 0 Å². The third kappa shape index (κ3) is 3.04. The Hall–Kier alpha value is -1.61. The summed E-state index contributed by atoms with van der Waals surface area (Å²) in [4.78, 5) is 0.836. The summed E-state index contributed by atoms with van der Waals surface area (Å²) in [6.45, 7) is 6.09. The Labute approximate surface area is 117 Å². The number of benzene rings is 2. The van der Waals surface area contributed by atoms with Crippen LogP contribution in [0.5, 0.6) is 0 Å². The second-order valence-corrected chi connectivity index (χ2v) is 6.30. The fourth-order valence-corrected chi connectivity index (χ4v) is 3.72. The number of aryl methyl sites for hydroxylation is 3. The Bertz CT molecular complexity index is 614. The van der Waals surface area contributed by atoms with E-state index in [0.29, 0.717) is 11.4 Å². The molecule has 2 aromatic rings. The summed E-state index contributed by atoms with van der Waals surface area (Å²) in [7, 11) is -1.06. The quantitative estimate of drug-likeness (QED) is 0.870. The summed E-state index contributed by atoms with van der Waals surface area (Å²) in [5.74, 6) is 0.544. The molecule has 0 aliphatic carbocycles. The van der Waals surface area contributed by atoms with Gasteiger partial charge in [-0.2, -0.15) is 0 Å². The van der Waals surface area contributed by atoms with E-state index in [1.807, 2.05) is 31.2 Å². The van der Waals surface area contributed by atoms with Gasteiger partial charge in [-0.1, -0.05) is 24.3 Å². The van der Waals surface area contributed by atoms with Crippen LogP contribution in [0, 0.1) is 20.8 Å². The lowest BCUT2D eigenvalue weighted by molar-refractivity contribution is 0.682. The average molecular weight is 273 g/mol. The first-order chi connectivity index (χ1) is 8.99. The van der Waals surface area contributed by atoms with Gasteiger partial charge < -0.3 is 5.73 Å². The van der Waals surface area contributed by atoms with E-state index in [2.05, 4.69) is 26.0 Å². The molecule has 0 aliphatic heterocycles. The van der Waals surface area contributed by atoms with Gasteiger partial charge in [-0.25, -0.2) is 0 Å². The summed E-state index contributed by atoms with van der Waals surface area (Å²) in [5, 5.41) is 0. The van der Waals surface area contributed by atoms with E-state index in [-0.39, 0.29) is 0 Å². The molecule has 1 atom stereocenters. The third-order valence-electron chi connectivity index (χ3n) is 3.38. The van der Waals surface area contributed by atoms with E-state index >= 15 is 0 Å². The first kappa shape index (κ1) is 13.8. The molecule has 0 saturated carbocycles. The molecule has 0 saturated heterocycles. The summed E-state index contributed by atoms with van der Waals surface area (Å²) in [6, 6.07) is 11.7. The van der Waals surface area contributed by atoms with Gasteiger partial charge in [0.1, 0.15) is 0 Å². The van der Waals surface area contributed by atoms with Crippen molar-refractivity contribution in [2.75, 3.05) is 5.73 Å². The molecule has 0 aliphatic rings. The number of anilines is 1. The highest BCUT2D eigenvalue weighted by Crippen LogP contribution is 2.22. The van der Waals surface area contributed by atoms with Crippen LogP contribution in [-0.2, 0) is 16.6 Å². The van der Waals surface area contributed by atoms with Gasteiger partial charge in [0.25, 0.3) is 0 Å². The Kier molecular flexibility index (Phi) is 4.05. The minimum Gasteiger partial charge on any atom is -0.399 e. The average Bonchev–Trinajstić information content (AvgIpc) is 2.37. The molecular weight excluding hydrogens is 254 g/mol. The summed E-state index contributed by atoms with van der Waals surface area (Å²) in [6.07, 6.45) is 0. The van der Waals surface area contributed by atoms with Crippen LogP contribution in [-0.4, -0.2) is 4.21 Å². The maximum atomic E-state index is 12.5. The molecule has 0 bridgehead atoms. The zero-order valence-corrected chi connectivity index (χ0v) is 12.4. The molecule has 2 N–H and O–H groups in total.